The van der Waals surface area contributed by atoms with Crippen molar-refractivity contribution in [3.63, 3.8) is 0 Å². The van der Waals surface area contributed by atoms with Crippen LogP contribution in [0.1, 0.15) is 19.4 Å². The van der Waals surface area contributed by atoms with Gasteiger partial charge in [0.05, 0.1) is 11.4 Å². The van der Waals surface area contributed by atoms with E-state index in [9.17, 15) is 9.18 Å². The molecule has 0 unspecified atom stereocenters. The van der Waals surface area contributed by atoms with Gasteiger partial charge in [0.1, 0.15) is 5.82 Å². The third-order valence-corrected chi connectivity index (χ3v) is 2.64. The summed E-state index contributed by atoms with van der Waals surface area (Å²) in [4.78, 5) is 12.1. The molecule has 2 nitrogen and oxygen atoms in total. The van der Waals surface area contributed by atoms with Crippen molar-refractivity contribution in [2.75, 3.05) is 0 Å². The summed E-state index contributed by atoms with van der Waals surface area (Å²) in [6.07, 6.45) is 0.215. The normalized spacial score (nSPS) is 10.2. The fourth-order valence-corrected chi connectivity index (χ4v) is 1.23. The van der Waals surface area contributed by atoms with E-state index in [1.54, 1.807) is 12.1 Å². The molecule has 1 amide bonds. The predicted molar refractivity (Wildman–Crippen MR) is 65.7 cm³/mol. The van der Waals surface area contributed by atoms with Gasteiger partial charge in [0.15, 0.2) is 0 Å². The summed E-state index contributed by atoms with van der Waals surface area (Å²) in [7, 11) is 0. The minimum atomic E-state index is -0.304. The molecule has 0 aliphatic carbocycles. The Morgan fingerprint density at radius 3 is 2.44 bits per heavy atom. The highest BCUT2D eigenvalue weighted by atomic mass is 32.1. The van der Waals surface area contributed by atoms with Crippen LogP contribution in [0.25, 0.3) is 0 Å². The average molecular weight is 239 g/mol. The van der Waals surface area contributed by atoms with Gasteiger partial charge in [-0.2, -0.15) is 0 Å². The number of thiocarbonyl (C=S) groups is 1. The largest absolute Gasteiger partial charge is 0.320 e. The molecule has 0 fully saturated rings. The minimum Gasteiger partial charge on any atom is -0.320 e. The Morgan fingerprint density at radius 1 is 1.38 bits per heavy atom. The van der Waals surface area contributed by atoms with Gasteiger partial charge < -0.3 is 5.32 Å². The second-order valence-electron chi connectivity index (χ2n) is 3.87. The van der Waals surface area contributed by atoms with Crippen molar-refractivity contribution in [1.29, 1.82) is 0 Å². The third kappa shape index (κ3) is 4.06. The number of rotatable bonds is 3. The van der Waals surface area contributed by atoms with Gasteiger partial charge in [-0.1, -0.05) is 38.2 Å². The fraction of sp³-hybridized carbons (Fsp3) is 0.333. The maximum atomic E-state index is 12.6. The zero-order valence-electron chi connectivity index (χ0n) is 9.29. The number of carbonyl (C=O) groups excluding carboxylic acids is 1. The second-order valence-corrected chi connectivity index (χ2v) is 4.31. The first-order valence-corrected chi connectivity index (χ1v) is 5.48. The van der Waals surface area contributed by atoms with Crippen molar-refractivity contribution in [2.45, 2.75) is 20.3 Å². The first-order chi connectivity index (χ1) is 7.49. The highest BCUT2D eigenvalue weighted by molar-refractivity contribution is 7.80. The molecule has 16 heavy (non-hydrogen) atoms. The lowest BCUT2D eigenvalue weighted by Gasteiger charge is -2.09. The van der Waals surface area contributed by atoms with Crippen LogP contribution in [0.2, 0.25) is 0 Å². The molecule has 86 valence electrons. The molecule has 0 radical (unpaired) electrons. The van der Waals surface area contributed by atoms with E-state index in [1.807, 2.05) is 13.8 Å². The van der Waals surface area contributed by atoms with E-state index in [2.05, 4.69) is 5.32 Å². The van der Waals surface area contributed by atoms with Crippen LogP contribution in [0.3, 0.4) is 0 Å². The second kappa shape index (κ2) is 5.70. The lowest BCUT2D eigenvalue weighted by atomic mass is 10.1. The SMILES string of the molecule is CC(C)C(=S)NC(=O)Cc1ccc(F)cc1. The van der Waals surface area contributed by atoms with Crippen molar-refractivity contribution in [3.05, 3.63) is 35.6 Å². The molecule has 0 aliphatic heterocycles. The lowest BCUT2D eigenvalue weighted by molar-refractivity contribution is -0.119. The van der Waals surface area contributed by atoms with E-state index in [4.69, 9.17) is 12.2 Å². The Hall–Kier alpha value is -1.29. The number of carbonyl (C=O) groups is 1. The van der Waals surface area contributed by atoms with E-state index < -0.39 is 0 Å². The molecule has 0 saturated heterocycles. The van der Waals surface area contributed by atoms with Gasteiger partial charge in [-0.15, -0.1) is 0 Å². The average Bonchev–Trinajstić information content (AvgIpc) is 2.21. The number of hydrogen-bond acceptors (Lipinski definition) is 2. The van der Waals surface area contributed by atoms with Crippen molar-refractivity contribution in [3.8, 4) is 0 Å². The van der Waals surface area contributed by atoms with Gasteiger partial charge >= 0.3 is 0 Å². The Morgan fingerprint density at radius 2 is 1.94 bits per heavy atom. The molecule has 1 aromatic carbocycles. The van der Waals surface area contributed by atoms with Crippen LogP contribution in [0.5, 0.6) is 0 Å². The maximum Gasteiger partial charge on any atom is 0.229 e. The molecule has 0 aliphatic rings. The van der Waals surface area contributed by atoms with Crippen LogP contribution < -0.4 is 5.32 Å². The first-order valence-electron chi connectivity index (χ1n) is 5.07. The van der Waals surface area contributed by atoms with E-state index in [0.29, 0.717) is 4.99 Å². The Bertz CT molecular complexity index is 387. The van der Waals surface area contributed by atoms with Crippen LogP contribution in [-0.2, 0) is 11.2 Å². The van der Waals surface area contributed by atoms with Gasteiger partial charge in [0.2, 0.25) is 5.91 Å². The first kappa shape index (κ1) is 12.8. The summed E-state index contributed by atoms with van der Waals surface area (Å²) in [5, 5.41) is 2.64. The van der Waals surface area contributed by atoms with Crippen LogP contribution >= 0.6 is 12.2 Å². The van der Waals surface area contributed by atoms with Crippen LogP contribution in [0.4, 0.5) is 4.39 Å². The van der Waals surface area contributed by atoms with E-state index >= 15 is 0 Å². The quantitative estimate of drug-likeness (QED) is 0.821. The van der Waals surface area contributed by atoms with Crippen molar-refractivity contribution < 1.29 is 9.18 Å². The molecule has 0 saturated carbocycles. The van der Waals surface area contributed by atoms with Crippen molar-refractivity contribution >= 4 is 23.1 Å². The number of halogens is 1. The van der Waals surface area contributed by atoms with Gasteiger partial charge in [-0.25, -0.2) is 4.39 Å². The number of nitrogens with one attached hydrogen (secondary N) is 1. The van der Waals surface area contributed by atoms with Crippen molar-refractivity contribution in [2.24, 2.45) is 5.92 Å². The smallest absolute Gasteiger partial charge is 0.229 e. The van der Waals surface area contributed by atoms with Crippen LogP contribution in [0.15, 0.2) is 24.3 Å². The highest BCUT2D eigenvalue weighted by Gasteiger charge is 2.08. The molecule has 1 N–H and O–H groups in total. The highest BCUT2D eigenvalue weighted by Crippen LogP contribution is 2.03. The molecule has 1 rings (SSSR count). The summed E-state index contributed by atoms with van der Waals surface area (Å²) in [5.74, 6) is -0.320. The molecule has 0 spiro atoms. The fourth-order valence-electron chi connectivity index (χ4n) is 1.11. The third-order valence-electron chi connectivity index (χ3n) is 2.06. The number of amides is 1. The summed E-state index contributed by atoms with van der Waals surface area (Å²) in [6, 6.07) is 5.85. The molecular weight excluding hydrogens is 225 g/mol. The monoisotopic (exact) mass is 239 g/mol. The predicted octanol–water partition coefficient (Wildman–Crippen LogP) is 2.47. The standard InChI is InChI=1S/C12H14FNOS/c1-8(2)12(16)14-11(15)7-9-3-5-10(13)6-4-9/h3-6,8H,7H2,1-2H3,(H,14,15,16). The van der Waals surface area contributed by atoms with Gasteiger partial charge in [0.25, 0.3) is 0 Å². The van der Waals surface area contributed by atoms with Crippen molar-refractivity contribution in [1.82, 2.24) is 5.32 Å². The molecule has 1 aromatic rings. The van der Waals surface area contributed by atoms with Gasteiger partial charge in [0, 0.05) is 5.92 Å². The zero-order valence-corrected chi connectivity index (χ0v) is 10.1. The summed E-state index contributed by atoms with van der Waals surface area (Å²) in [5.41, 5.74) is 0.769. The molecule has 4 heteroatoms. The van der Waals surface area contributed by atoms with Crippen LogP contribution in [0, 0.1) is 11.7 Å². The van der Waals surface area contributed by atoms with E-state index in [1.165, 1.54) is 12.1 Å². The number of hydrogen-bond donors (Lipinski definition) is 1. The minimum absolute atomic E-state index is 0.146. The summed E-state index contributed by atoms with van der Waals surface area (Å²) in [6.45, 7) is 3.83. The molecule has 0 aromatic heterocycles. The van der Waals surface area contributed by atoms with Crippen LogP contribution in [-0.4, -0.2) is 10.9 Å². The van der Waals surface area contributed by atoms with Gasteiger partial charge in [-0.05, 0) is 17.7 Å². The van der Waals surface area contributed by atoms with E-state index in [0.717, 1.165) is 5.56 Å². The van der Waals surface area contributed by atoms with E-state index in [-0.39, 0.29) is 24.1 Å². The Labute approximate surface area is 99.9 Å². The maximum absolute atomic E-state index is 12.6. The molecule has 0 heterocycles. The zero-order chi connectivity index (χ0) is 12.1. The lowest BCUT2D eigenvalue weighted by Crippen LogP contribution is -2.33. The molecule has 0 atom stereocenters. The molecular formula is C12H14FNOS. The van der Waals surface area contributed by atoms with Gasteiger partial charge in [-0.3, -0.25) is 4.79 Å². The summed E-state index contributed by atoms with van der Waals surface area (Å²) < 4.78 is 12.6. The number of benzene rings is 1. The topological polar surface area (TPSA) is 29.1 Å². The Balaban J connectivity index is 2.52. The molecule has 0 bridgehead atoms. The Kier molecular flexibility index (Phi) is 4.55. The summed E-state index contributed by atoms with van der Waals surface area (Å²) >= 11 is 5.00.